The van der Waals surface area contributed by atoms with Crippen molar-refractivity contribution in [3.63, 3.8) is 0 Å². The highest BCUT2D eigenvalue weighted by Gasteiger charge is 2.24. The molecule has 0 atom stereocenters. The van der Waals surface area contributed by atoms with E-state index in [0.717, 1.165) is 12.3 Å². The quantitative estimate of drug-likeness (QED) is 0.927. The van der Waals surface area contributed by atoms with Crippen LogP contribution in [0.15, 0.2) is 12.1 Å². The molecule has 21 heavy (non-hydrogen) atoms. The number of halogens is 1. The van der Waals surface area contributed by atoms with Gasteiger partial charge in [0, 0.05) is 18.6 Å². The molecule has 0 spiro atoms. The van der Waals surface area contributed by atoms with Gasteiger partial charge in [-0.05, 0) is 57.5 Å². The van der Waals surface area contributed by atoms with E-state index in [0.29, 0.717) is 22.9 Å². The van der Waals surface area contributed by atoms with Gasteiger partial charge in [0.25, 0.3) is 0 Å². The first-order valence-corrected chi connectivity index (χ1v) is 8.00. The topological polar surface area (TPSA) is 33.7 Å². The van der Waals surface area contributed by atoms with Gasteiger partial charge < -0.3 is 14.8 Å². The fraction of sp³-hybridized carbons (Fsp3) is 0.625. The normalized spacial score (nSPS) is 24.6. The summed E-state index contributed by atoms with van der Waals surface area (Å²) in [4.78, 5) is 2.43. The molecule has 1 aromatic carbocycles. The van der Waals surface area contributed by atoms with Gasteiger partial charge in [0.05, 0.1) is 5.02 Å². The Morgan fingerprint density at radius 1 is 1.24 bits per heavy atom. The van der Waals surface area contributed by atoms with Crippen LogP contribution in [0.25, 0.3) is 0 Å². The first-order valence-electron chi connectivity index (χ1n) is 7.63. The lowest BCUT2D eigenvalue weighted by molar-refractivity contribution is 0.169. The molecule has 0 unspecified atom stereocenters. The standard InChI is InChI=1S/C16H23ClN2O2/c1-18-12-3-5-13(6-4-12)19(2)9-11-7-14(17)16-15(8-11)20-10-21-16/h7-8,12-13,18H,3-6,9-10H2,1-2H3. The van der Waals surface area contributed by atoms with Gasteiger partial charge in [0.1, 0.15) is 0 Å². The molecule has 0 bridgehead atoms. The van der Waals surface area contributed by atoms with E-state index in [9.17, 15) is 0 Å². The molecule has 1 aliphatic heterocycles. The molecule has 1 heterocycles. The third kappa shape index (κ3) is 3.28. The van der Waals surface area contributed by atoms with Crippen molar-refractivity contribution in [3.8, 4) is 11.5 Å². The smallest absolute Gasteiger partial charge is 0.231 e. The Bertz CT molecular complexity index is 501. The van der Waals surface area contributed by atoms with Crippen molar-refractivity contribution >= 4 is 11.6 Å². The van der Waals surface area contributed by atoms with Crippen molar-refractivity contribution in [1.82, 2.24) is 10.2 Å². The molecule has 0 radical (unpaired) electrons. The number of nitrogens with zero attached hydrogens (tertiary/aromatic N) is 1. The van der Waals surface area contributed by atoms with Crippen LogP contribution >= 0.6 is 11.6 Å². The number of ether oxygens (including phenoxy) is 2. The number of hydrogen-bond donors (Lipinski definition) is 1. The van der Waals surface area contributed by atoms with Crippen molar-refractivity contribution in [2.24, 2.45) is 0 Å². The Balaban J connectivity index is 1.63. The summed E-state index contributed by atoms with van der Waals surface area (Å²) in [6, 6.07) is 5.38. The number of benzene rings is 1. The van der Waals surface area contributed by atoms with Crippen LogP contribution in [0, 0.1) is 0 Å². The van der Waals surface area contributed by atoms with Gasteiger partial charge >= 0.3 is 0 Å². The van der Waals surface area contributed by atoms with Crippen LogP contribution < -0.4 is 14.8 Å². The zero-order valence-electron chi connectivity index (χ0n) is 12.7. The minimum absolute atomic E-state index is 0.266. The van der Waals surface area contributed by atoms with Gasteiger partial charge in [0.15, 0.2) is 11.5 Å². The third-order valence-electron chi connectivity index (χ3n) is 4.65. The van der Waals surface area contributed by atoms with E-state index >= 15 is 0 Å². The second-order valence-electron chi connectivity index (χ2n) is 6.02. The van der Waals surface area contributed by atoms with Crippen LogP contribution in [-0.2, 0) is 6.54 Å². The monoisotopic (exact) mass is 310 g/mol. The van der Waals surface area contributed by atoms with E-state index in [2.05, 4.69) is 24.3 Å². The van der Waals surface area contributed by atoms with Crippen molar-refractivity contribution in [3.05, 3.63) is 22.7 Å². The lowest BCUT2D eigenvalue weighted by atomic mass is 9.90. The largest absolute Gasteiger partial charge is 0.454 e. The van der Waals surface area contributed by atoms with Gasteiger partial charge in [-0.15, -0.1) is 0 Å². The molecule has 3 rings (SSSR count). The molecular weight excluding hydrogens is 288 g/mol. The summed E-state index contributed by atoms with van der Waals surface area (Å²) < 4.78 is 10.8. The zero-order chi connectivity index (χ0) is 14.8. The first kappa shape index (κ1) is 14.9. The Hall–Kier alpha value is -0.970. The lowest BCUT2D eigenvalue weighted by Gasteiger charge is -2.34. The summed E-state index contributed by atoms with van der Waals surface area (Å²) in [5.74, 6) is 1.45. The van der Waals surface area contributed by atoms with Crippen LogP contribution in [0.1, 0.15) is 31.2 Å². The Labute approximate surface area is 131 Å². The SMILES string of the molecule is CNC1CCC(N(C)Cc2cc(Cl)c3c(c2)OCO3)CC1. The molecule has 116 valence electrons. The van der Waals surface area contributed by atoms with E-state index in [1.54, 1.807) is 0 Å². The maximum atomic E-state index is 6.25. The van der Waals surface area contributed by atoms with Crippen LogP contribution in [0.4, 0.5) is 0 Å². The predicted molar refractivity (Wildman–Crippen MR) is 84.1 cm³/mol. The van der Waals surface area contributed by atoms with Gasteiger partial charge in [-0.25, -0.2) is 0 Å². The lowest BCUT2D eigenvalue weighted by Crippen LogP contribution is -2.39. The summed E-state index contributed by atoms with van der Waals surface area (Å²) >= 11 is 6.25. The van der Waals surface area contributed by atoms with E-state index in [1.165, 1.54) is 31.2 Å². The predicted octanol–water partition coefficient (Wildman–Crippen LogP) is 3.03. The summed E-state index contributed by atoms with van der Waals surface area (Å²) in [6.07, 6.45) is 5.02. The molecule has 5 heteroatoms. The fourth-order valence-corrected chi connectivity index (χ4v) is 3.62. The average Bonchev–Trinajstić information content (AvgIpc) is 2.96. The first-order chi connectivity index (χ1) is 10.2. The van der Waals surface area contributed by atoms with Crippen LogP contribution in [0.5, 0.6) is 11.5 Å². The number of hydrogen-bond acceptors (Lipinski definition) is 4. The molecule has 1 N–H and O–H groups in total. The van der Waals surface area contributed by atoms with Crippen molar-refractivity contribution in [1.29, 1.82) is 0 Å². The average molecular weight is 311 g/mol. The number of fused-ring (bicyclic) bond motifs is 1. The molecule has 0 saturated heterocycles. The van der Waals surface area contributed by atoms with Crippen molar-refractivity contribution in [2.75, 3.05) is 20.9 Å². The Morgan fingerprint density at radius 3 is 2.71 bits per heavy atom. The van der Waals surface area contributed by atoms with Crippen LogP contribution in [0.3, 0.4) is 0 Å². The van der Waals surface area contributed by atoms with E-state index < -0.39 is 0 Å². The van der Waals surface area contributed by atoms with Gasteiger partial charge in [-0.3, -0.25) is 4.90 Å². The third-order valence-corrected chi connectivity index (χ3v) is 4.93. The Kier molecular flexibility index (Phi) is 4.57. The highest BCUT2D eigenvalue weighted by Crippen LogP contribution is 2.40. The molecule has 0 amide bonds. The minimum atomic E-state index is 0.266. The molecule has 4 nitrogen and oxygen atoms in total. The molecule has 2 aliphatic rings. The second-order valence-corrected chi connectivity index (χ2v) is 6.43. The molecular formula is C16H23ClN2O2. The highest BCUT2D eigenvalue weighted by atomic mass is 35.5. The van der Waals surface area contributed by atoms with Crippen LogP contribution in [0.2, 0.25) is 5.02 Å². The number of rotatable bonds is 4. The van der Waals surface area contributed by atoms with Gasteiger partial charge in [0.2, 0.25) is 6.79 Å². The van der Waals surface area contributed by atoms with Gasteiger partial charge in [-0.2, -0.15) is 0 Å². The summed E-state index contributed by atoms with van der Waals surface area (Å²) in [5, 5.41) is 4.03. The van der Waals surface area contributed by atoms with Crippen molar-refractivity contribution in [2.45, 2.75) is 44.3 Å². The maximum absolute atomic E-state index is 6.25. The van der Waals surface area contributed by atoms with Crippen molar-refractivity contribution < 1.29 is 9.47 Å². The molecule has 1 aromatic rings. The fourth-order valence-electron chi connectivity index (χ4n) is 3.33. The van der Waals surface area contributed by atoms with Gasteiger partial charge in [-0.1, -0.05) is 11.6 Å². The Morgan fingerprint density at radius 2 is 2.00 bits per heavy atom. The van der Waals surface area contributed by atoms with E-state index in [1.807, 2.05) is 12.1 Å². The summed E-state index contributed by atoms with van der Waals surface area (Å²) in [6.45, 7) is 1.16. The zero-order valence-corrected chi connectivity index (χ0v) is 13.4. The number of nitrogens with one attached hydrogen (secondary N) is 1. The summed E-state index contributed by atoms with van der Waals surface area (Å²) in [5.41, 5.74) is 1.18. The highest BCUT2D eigenvalue weighted by molar-refractivity contribution is 6.32. The maximum Gasteiger partial charge on any atom is 0.231 e. The minimum Gasteiger partial charge on any atom is -0.454 e. The summed E-state index contributed by atoms with van der Waals surface area (Å²) in [7, 11) is 4.26. The molecule has 1 fully saturated rings. The molecule has 1 saturated carbocycles. The molecule has 1 aliphatic carbocycles. The van der Waals surface area contributed by atoms with E-state index in [4.69, 9.17) is 21.1 Å². The molecule has 0 aromatic heterocycles. The van der Waals surface area contributed by atoms with Crippen LogP contribution in [-0.4, -0.2) is 37.9 Å². The second kappa shape index (κ2) is 6.42. The van der Waals surface area contributed by atoms with E-state index in [-0.39, 0.29) is 6.79 Å².